The minimum absolute atomic E-state index is 0.109. The van der Waals surface area contributed by atoms with E-state index in [1.54, 1.807) is 0 Å². The molecule has 4 nitrogen and oxygen atoms in total. The first-order chi connectivity index (χ1) is 14.1. The van der Waals surface area contributed by atoms with E-state index in [0.717, 1.165) is 36.4 Å². The van der Waals surface area contributed by atoms with Crippen molar-refractivity contribution < 1.29 is 39.3 Å². The van der Waals surface area contributed by atoms with Crippen LogP contribution in [0.15, 0.2) is 59.5 Å². The van der Waals surface area contributed by atoms with Gasteiger partial charge in [0.2, 0.25) is 0 Å². The molecular formula is C20H11F5O4S. The number of ketones is 1. The smallest absolute Gasteiger partial charge is 0.288 e. The lowest BCUT2D eigenvalue weighted by molar-refractivity contribution is 0.102. The van der Waals surface area contributed by atoms with Gasteiger partial charge in [0.25, 0.3) is 0 Å². The molecule has 0 amide bonds. The van der Waals surface area contributed by atoms with Crippen molar-refractivity contribution in [3.63, 3.8) is 0 Å². The highest BCUT2D eigenvalue weighted by Crippen LogP contribution is 2.30. The summed E-state index contributed by atoms with van der Waals surface area (Å²) in [5.74, 6) is -10.9. The van der Waals surface area contributed by atoms with Crippen molar-refractivity contribution in [1.29, 1.82) is 0 Å². The summed E-state index contributed by atoms with van der Waals surface area (Å²) < 4.78 is 99.3. The Morgan fingerprint density at radius 3 is 1.83 bits per heavy atom. The Labute approximate surface area is 167 Å². The zero-order valence-corrected chi connectivity index (χ0v) is 15.7. The van der Waals surface area contributed by atoms with Crippen molar-refractivity contribution in [2.24, 2.45) is 0 Å². The Morgan fingerprint density at radius 1 is 0.767 bits per heavy atom. The minimum atomic E-state index is -5.32. The molecule has 3 aromatic carbocycles. The van der Waals surface area contributed by atoms with Crippen LogP contribution in [0.3, 0.4) is 0 Å². The second-order valence-electron chi connectivity index (χ2n) is 6.00. The van der Waals surface area contributed by atoms with Crippen molar-refractivity contribution in [3.8, 4) is 0 Å². The minimum Gasteiger partial charge on any atom is -0.288 e. The number of halogens is 5. The summed E-state index contributed by atoms with van der Waals surface area (Å²) in [5.41, 5.74) is -1.73. The lowest BCUT2D eigenvalue weighted by Crippen LogP contribution is -2.18. The van der Waals surface area contributed by atoms with Crippen LogP contribution < -0.4 is 0 Å². The maximum absolute atomic E-state index is 14.4. The third-order valence-electron chi connectivity index (χ3n) is 4.03. The molecule has 0 fully saturated rings. The van der Waals surface area contributed by atoms with Gasteiger partial charge in [-0.1, -0.05) is 42.5 Å². The van der Waals surface area contributed by atoms with Gasteiger partial charge in [0.05, 0.1) is 6.61 Å². The van der Waals surface area contributed by atoms with Gasteiger partial charge in [-0.3, -0.25) is 8.98 Å². The molecule has 0 aliphatic rings. The fourth-order valence-corrected chi connectivity index (χ4v) is 3.58. The molecule has 156 valence electrons. The molecular weight excluding hydrogens is 431 g/mol. The average molecular weight is 442 g/mol. The largest absolute Gasteiger partial charge is 0.303 e. The van der Waals surface area contributed by atoms with Gasteiger partial charge in [0, 0.05) is 5.56 Å². The average Bonchev–Trinajstić information content (AvgIpc) is 2.72. The summed E-state index contributed by atoms with van der Waals surface area (Å²) in [7, 11) is -5.32. The van der Waals surface area contributed by atoms with Gasteiger partial charge in [0.15, 0.2) is 33.9 Å². The predicted octanol–water partition coefficient (Wildman–Crippen LogP) is 4.52. The van der Waals surface area contributed by atoms with E-state index < -0.39 is 62.1 Å². The van der Waals surface area contributed by atoms with Crippen LogP contribution in [0.4, 0.5) is 22.0 Å². The zero-order valence-electron chi connectivity index (χ0n) is 14.8. The van der Waals surface area contributed by atoms with E-state index >= 15 is 0 Å². The number of rotatable bonds is 6. The first kappa shape index (κ1) is 21.6. The highest BCUT2D eigenvalue weighted by atomic mass is 32.2. The molecule has 0 N–H and O–H groups in total. The maximum Gasteiger partial charge on any atom is 0.303 e. The summed E-state index contributed by atoms with van der Waals surface area (Å²) in [6.07, 6.45) is 0. The molecule has 0 unspecified atom stereocenters. The van der Waals surface area contributed by atoms with E-state index in [9.17, 15) is 35.2 Å². The zero-order chi connectivity index (χ0) is 22.1. The number of carbonyl (C=O) groups is 1. The van der Waals surface area contributed by atoms with Crippen molar-refractivity contribution in [1.82, 2.24) is 0 Å². The van der Waals surface area contributed by atoms with E-state index in [2.05, 4.69) is 4.18 Å². The Bertz CT molecular complexity index is 1180. The molecule has 0 saturated carbocycles. The van der Waals surface area contributed by atoms with E-state index in [1.165, 1.54) is 18.2 Å². The van der Waals surface area contributed by atoms with Crippen molar-refractivity contribution >= 4 is 15.9 Å². The SMILES string of the molecule is O=C(c1ccccc1)c1c(F)c(F)c(S(=O)(=O)OCc2ccc(F)cc2)c(F)c1F. The molecule has 0 aliphatic carbocycles. The Kier molecular flexibility index (Phi) is 5.99. The number of hydrogen-bond acceptors (Lipinski definition) is 4. The third kappa shape index (κ3) is 4.10. The normalized spacial score (nSPS) is 11.5. The summed E-state index contributed by atoms with van der Waals surface area (Å²) in [6.45, 7) is -0.782. The molecule has 30 heavy (non-hydrogen) atoms. The van der Waals surface area contributed by atoms with E-state index in [4.69, 9.17) is 0 Å². The summed E-state index contributed by atoms with van der Waals surface area (Å²) in [4.78, 5) is 10.3. The molecule has 0 aliphatic heterocycles. The summed E-state index contributed by atoms with van der Waals surface area (Å²) in [6, 6.07) is 10.8. The molecule has 0 atom stereocenters. The molecule has 0 radical (unpaired) electrons. The molecule has 3 rings (SSSR count). The Balaban J connectivity index is 2.01. The quantitative estimate of drug-likeness (QED) is 0.244. The van der Waals surface area contributed by atoms with Crippen LogP contribution >= 0.6 is 0 Å². The van der Waals surface area contributed by atoms with Crippen LogP contribution in [0, 0.1) is 29.1 Å². The second kappa shape index (κ2) is 8.33. The first-order valence-electron chi connectivity index (χ1n) is 8.23. The van der Waals surface area contributed by atoms with Crippen LogP contribution in [0.1, 0.15) is 21.5 Å². The van der Waals surface area contributed by atoms with Crippen LogP contribution in [-0.4, -0.2) is 14.2 Å². The van der Waals surface area contributed by atoms with Gasteiger partial charge in [-0.15, -0.1) is 0 Å². The Morgan fingerprint density at radius 2 is 1.30 bits per heavy atom. The maximum atomic E-state index is 14.4. The number of benzene rings is 3. The molecule has 3 aromatic rings. The topological polar surface area (TPSA) is 60.4 Å². The number of hydrogen-bond donors (Lipinski definition) is 0. The first-order valence-corrected chi connectivity index (χ1v) is 9.64. The second-order valence-corrected chi connectivity index (χ2v) is 7.55. The molecule has 0 aromatic heterocycles. The molecule has 0 saturated heterocycles. The van der Waals surface area contributed by atoms with Crippen LogP contribution in [0.5, 0.6) is 0 Å². The number of carbonyl (C=O) groups excluding carboxylic acids is 1. The summed E-state index contributed by atoms with van der Waals surface area (Å²) >= 11 is 0. The monoisotopic (exact) mass is 442 g/mol. The molecule has 0 spiro atoms. The van der Waals surface area contributed by atoms with Gasteiger partial charge in [-0.25, -0.2) is 22.0 Å². The van der Waals surface area contributed by atoms with Gasteiger partial charge in [0.1, 0.15) is 11.4 Å². The van der Waals surface area contributed by atoms with E-state index in [0.29, 0.717) is 0 Å². The van der Waals surface area contributed by atoms with Crippen LogP contribution in [0.2, 0.25) is 0 Å². The van der Waals surface area contributed by atoms with Gasteiger partial charge in [-0.05, 0) is 17.7 Å². The molecule has 0 bridgehead atoms. The van der Waals surface area contributed by atoms with Crippen molar-refractivity contribution in [2.45, 2.75) is 11.5 Å². The van der Waals surface area contributed by atoms with Gasteiger partial charge >= 0.3 is 10.1 Å². The lowest BCUT2D eigenvalue weighted by Gasteiger charge is -2.12. The van der Waals surface area contributed by atoms with Crippen LogP contribution in [-0.2, 0) is 20.9 Å². The van der Waals surface area contributed by atoms with E-state index in [-0.39, 0.29) is 11.1 Å². The molecule has 10 heteroatoms. The highest BCUT2D eigenvalue weighted by Gasteiger charge is 2.36. The highest BCUT2D eigenvalue weighted by molar-refractivity contribution is 7.86. The van der Waals surface area contributed by atoms with Crippen molar-refractivity contribution in [2.75, 3.05) is 0 Å². The standard InChI is InChI=1S/C20H11F5O4S/c21-13-8-6-11(7-9-13)10-29-30(27,28)20-17(24)15(22)14(16(23)18(20)25)19(26)12-4-2-1-3-5-12/h1-9H,10H2. The molecule has 0 heterocycles. The fraction of sp³-hybridized carbons (Fsp3) is 0.0500. The third-order valence-corrected chi connectivity index (χ3v) is 5.32. The van der Waals surface area contributed by atoms with Gasteiger partial charge in [-0.2, -0.15) is 8.42 Å². The van der Waals surface area contributed by atoms with E-state index in [1.807, 2.05) is 0 Å². The van der Waals surface area contributed by atoms with Crippen LogP contribution in [0.25, 0.3) is 0 Å². The van der Waals surface area contributed by atoms with Gasteiger partial charge < -0.3 is 0 Å². The Hall–Kier alpha value is -3.11. The lowest BCUT2D eigenvalue weighted by atomic mass is 10.0. The van der Waals surface area contributed by atoms with Crippen molar-refractivity contribution in [3.05, 3.63) is 100 Å². The predicted molar refractivity (Wildman–Crippen MR) is 94.5 cm³/mol. The fourth-order valence-electron chi connectivity index (χ4n) is 2.55. The summed E-state index contributed by atoms with van der Waals surface area (Å²) in [5, 5.41) is 0.